The van der Waals surface area contributed by atoms with Gasteiger partial charge in [-0.25, -0.2) is 0 Å². The van der Waals surface area contributed by atoms with Gasteiger partial charge in [0.1, 0.15) is 6.04 Å². The van der Waals surface area contributed by atoms with Crippen molar-refractivity contribution in [1.82, 2.24) is 0 Å². The third kappa shape index (κ3) is 4.44. The Morgan fingerprint density at radius 2 is 1.94 bits per heavy atom. The van der Waals surface area contributed by atoms with Crippen LogP contribution in [0.4, 0.5) is 5.69 Å². The normalized spacial score (nSPS) is 12.0. The summed E-state index contributed by atoms with van der Waals surface area (Å²) in [4.78, 5) is 13.2. The van der Waals surface area contributed by atoms with Gasteiger partial charge in [-0.15, -0.1) is 0 Å². The van der Waals surface area contributed by atoms with Crippen LogP contribution in [0, 0.1) is 0 Å². The van der Waals surface area contributed by atoms with E-state index >= 15 is 0 Å². The molecule has 0 fully saturated rings. The molecule has 0 saturated heterocycles. The van der Waals surface area contributed by atoms with Crippen LogP contribution in [0.5, 0.6) is 0 Å². The third-order valence-electron chi connectivity index (χ3n) is 2.46. The van der Waals surface area contributed by atoms with Gasteiger partial charge >= 0.3 is 5.97 Å². The van der Waals surface area contributed by atoms with Crippen molar-refractivity contribution in [2.45, 2.75) is 19.4 Å². The van der Waals surface area contributed by atoms with Gasteiger partial charge in [0.2, 0.25) is 0 Å². The van der Waals surface area contributed by atoms with Crippen molar-refractivity contribution < 1.29 is 9.53 Å². The maximum Gasteiger partial charge on any atom is 0.322 e. The highest BCUT2D eigenvalue weighted by atomic mass is 16.5. The fourth-order valence-corrected chi connectivity index (χ4v) is 1.36. The van der Waals surface area contributed by atoms with Crippen LogP contribution in [-0.4, -0.2) is 32.7 Å². The van der Waals surface area contributed by atoms with E-state index < -0.39 is 6.04 Å². The Labute approximate surface area is 102 Å². The van der Waals surface area contributed by atoms with Gasteiger partial charge < -0.3 is 15.4 Å². The van der Waals surface area contributed by atoms with Gasteiger partial charge in [-0.1, -0.05) is 12.1 Å². The summed E-state index contributed by atoms with van der Waals surface area (Å²) in [5.74, 6) is -0.352. The number of rotatable bonds is 5. The number of carbonyl (C=O) groups excluding carboxylic acids is 1. The maximum atomic E-state index is 11.1. The van der Waals surface area contributed by atoms with Gasteiger partial charge in [0.15, 0.2) is 0 Å². The molecule has 0 heterocycles. The number of carbonyl (C=O) groups is 1. The average molecular weight is 236 g/mol. The SMILES string of the molecule is CC(N)C(=O)OCCc1ccc(N(C)C)cc1. The van der Waals surface area contributed by atoms with Crippen molar-refractivity contribution in [2.24, 2.45) is 5.73 Å². The molecular weight excluding hydrogens is 216 g/mol. The molecule has 17 heavy (non-hydrogen) atoms. The second-order valence-corrected chi connectivity index (χ2v) is 4.27. The smallest absolute Gasteiger partial charge is 0.322 e. The van der Waals surface area contributed by atoms with Crippen molar-refractivity contribution in [2.75, 3.05) is 25.6 Å². The molecule has 1 rings (SSSR count). The largest absolute Gasteiger partial charge is 0.464 e. The number of hydrogen-bond donors (Lipinski definition) is 1. The van der Waals surface area contributed by atoms with Gasteiger partial charge in [-0.05, 0) is 24.6 Å². The number of benzene rings is 1. The van der Waals surface area contributed by atoms with Gasteiger partial charge in [-0.3, -0.25) is 4.79 Å². The molecule has 1 aromatic rings. The van der Waals surface area contributed by atoms with E-state index in [9.17, 15) is 4.79 Å². The van der Waals surface area contributed by atoms with E-state index in [1.807, 2.05) is 43.3 Å². The van der Waals surface area contributed by atoms with E-state index in [-0.39, 0.29) is 5.97 Å². The Kier molecular flexibility index (Phi) is 4.97. The minimum Gasteiger partial charge on any atom is -0.464 e. The topological polar surface area (TPSA) is 55.6 Å². The fourth-order valence-electron chi connectivity index (χ4n) is 1.36. The average Bonchev–Trinajstić information content (AvgIpc) is 2.29. The van der Waals surface area contributed by atoms with E-state index in [0.29, 0.717) is 13.0 Å². The molecule has 2 N–H and O–H groups in total. The lowest BCUT2D eigenvalue weighted by atomic mass is 10.1. The number of nitrogens with zero attached hydrogens (tertiary/aromatic N) is 1. The zero-order valence-electron chi connectivity index (χ0n) is 10.6. The van der Waals surface area contributed by atoms with E-state index in [0.717, 1.165) is 11.3 Å². The molecule has 0 aliphatic rings. The number of ether oxygens (including phenoxy) is 1. The van der Waals surface area contributed by atoms with Crippen molar-refractivity contribution in [3.05, 3.63) is 29.8 Å². The molecule has 1 atom stereocenters. The van der Waals surface area contributed by atoms with Crippen molar-refractivity contribution in [3.8, 4) is 0 Å². The highest BCUT2D eigenvalue weighted by molar-refractivity contribution is 5.74. The predicted molar refractivity (Wildman–Crippen MR) is 69.1 cm³/mol. The van der Waals surface area contributed by atoms with Gasteiger partial charge in [0, 0.05) is 26.2 Å². The first-order valence-corrected chi connectivity index (χ1v) is 5.69. The lowest BCUT2D eigenvalue weighted by Crippen LogP contribution is -2.29. The molecule has 0 bridgehead atoms. The molecule has 4 nitrogen and oxygen atoms in total. The summed E-state index contributed by atoms with van der Waals surface area (Å²) in [5, 5.41) is 0. The molecular formula is C13H20N2O2. The summed E-state index contributed by atoms with van der Waals surface area (Å²) in [6.45, 7) is 2.00. The minimum atomic E-state index is -0.550. The van der Waals surface area contributed by atoms with Crippen molar-refractivity contribution in [3.63, 3.8) is 0 Å². The van der Waals surface area contributed by atoms with Crippen molar-refractivity contribution in [1.29, 1.82) is 0 Å². The number of hydrogen-bond acceptors (Lipinski definition) is 4. The second-order valence-electron chi connectivity index (χ2n) is 4.27. The summed E-state index contributed by atoms with van der Waals surface area (Å²) < 4.78 is 5.01. The molecule has 0 aromatic heterocycles. The zero-order valence-corrected chi connectivity index (χ0v) is 10.6. The molecule has 0 amide bonds. The Bertz CT molecular complexity index is 358. The lowest BCUT2D eigenvalue weighted by molar-refractivity contribution is -0.144. The molecule has 1 unspecified atom stereocenters. The second kappa shape index (κ2) is 6.25. The van der Waals surface area contributed by atoms with Gasteiger partial charge in [0.25, 0.3) is 0 Å². The van der Waals surface area contributed by atoms with E-state index in [1.54, 1.807) is 6.92 Å². The molecule has 1 aromatic carbocycles. The molecule has 0 radical (unpaired) electrons. The first-order chi connectivity index (χ1) is 8.00. The lowest BCUT2D eigenvalue weighted by Gasteiger charge is -2.12. The predicted octanol–water partition coefficient (Wildman–Crippen LogP) is 1.19. The fraction of sp³-hybridized carbons (Fsp3) is 0.462. The monoisotopic (exact) mass is 236 g/mol. The van der Waals surface area contributed by atoms with E-state index in [2.05, 4.69) is 0 Å². The summed E-state index contributed by atoms with van der Waals surface area (Å²) in [5.41, 5.74) is 7.69. The minimum absolute atomic E-state index is 0.352. The molecule has 0 aliphatic heterocycles. The van der Waals surface area contributed by atoms with Crippen LogP contribution in [0.15, 0.2) is 24.3 Å². The Morgan fingerprint density at radius 1 is 1.35 bits per heavy atom. The summed E-state index contributed by atoms with van der Waals surface area (Å²) in [6, 6.07) is 7.61. The third-order valence-corrected chi connectivity index (χ3v) is 2.46. The van der Waals surface area contributed by atoms with Crippen LogP contribution in [0.25, 0.3) is 0 Å². The number of esters is 1. The molecule has 0 spiro atoms. The van der Waals surface area contributed by atoms with E-state index in [4.69, 9.17) is 10.5 Å². The number of nitrogens with two attached hydrogens (primary N) is 1. The first-order valence-electron chi connectivity index (χ1n) is 5.69. The Morgan fingerprint density at radius 3 is 2.41 bits per heavy atom. The standard InChI is InChI=1S/C13H20N2O2/c1-10(14)13(16)17-9-8-11-4-6-12(7-5-11)15(2)3/h4-7,10H,8-9,14H2,1-3H3. The first kappa shape index (κ1) is 13.5. The summed E-state index contributed by atoms with van der Waals surface area (Å²) in [6.07, 6.45) is 0.714. The van der Waals surface area contributed by atoms with Gasteiger partial charge in [0.05, 0.1) is 6.61 Å². The highest BCUT2D eigenvalue weighted by Crippen LogP contribution is 2.12. The molecule has 0 aliphatic carbocycles. The zero-order chi connectivity index (χ0) is 12.8. The highest BCUT2D eigenvalue weighted by Gasteiger charge is 2.07. The quantitative estimate of drug-likeness (QED) is 0.780. The maximum absolute atomic E-state index is 11.1. The number of anilines is 1. The van der Waals surface area contributed by atoms with Crippen LogP contribution < -0.4 is 10.6 Å². The summed E-state index contributed by atoms with van der Waals surface area (Å²) in [7, 11) is 4.00. The van der Waals surface area contributed by atoms with Crippen LogP contribution in [0.3, 0.4) is 0 Å². The Hall–Kier alpha value is -1.55. The van der Waals surface area contributed by atoms with Crippen LogP contribution >= 0.6 is 0 Å². The molecule has 0 saturated carbocycles. The molecule has 94 valence electrons. The summed E-state index contributed by atoms with van der Waals surface area (Å²) >= 11 is 0. The van der Waals surface area contributed by atoms with Crippen molar-refractivity contribution >= 4 is 11.7 Å². The van der Waals surface area contributed by atoms with Gasteiger partial charge in [-0.2, -0.15) is 0 Å². The van der Waals surface area contributed by atoms with Crippen LogP contribution in [0.2, 0.25) is 0 Å². The Balaban J connectivity index is 2.40. The molecule has 4 heteroatoms. The van der Waals surface area contributed by atoms with Crippen LogP contribution in [0.1, 0.15) is 12.5 Å². The van der Waals surface area contributed by atoms with Crippen LogP contribution in [-0.2, 0) is 16.0 Å². The van der Waals surface area contributed by atoms with E-state index in [1.165, 1.54) is 0 Å².